The van der Waals surface area contributed by atoms with E-state index in [4.69, 9.17) is 4.74 Å². The van der Waals surface area contributed by atoms with Gasteiger partial charge in [-0.25, -0.2) is 0 Å². The summed E-state index contributed by atoms with van der Waals surface area (Å²) < 4.78 is 6.25. The number of aromatic hydroxyl groups is 1. The summed E-state index contributed by atoms with van der Waals surface area (Å²) in [5, 5.41) is 9.60. The topological polar surface area (TPSA) is 29.5 Å². The summed E-state index contributed by atoms with van der Waals surface area (Å²) >= 11 is 0. The molecule has 142 valence electrons. The second-order valence-electron chi connectivity index (χ2n) is 8.17. The van der Waals surface area contributed by atoms with E-state index in [1.54, 1.807) is 6.07 Å². The first kappa shape index (κ1) is 20.4. The van der Waals surface area contributed by atoms with Crippen molar-refractivity contribution in [2.45, 2.75) is 78.7 Å². The molecule has 1 N–H and O–H groups in total. The van der Waals surface area contributed by atoms with E-state index < -0.39 is 0 Å². The molecule has 1 aliphatic rings. The van der Waals surface area contributed by atoms with Gasteiger partial charge in [-0.05, 0) is 96.9 Å². The maximum atomic E-state index is 9.60. The quantitative estimate of drug-likeness (QED) is 0.540. The van der Waals surface area contributed by atoms with Gasteiger partial charge in [0.25, 0.3) is 0 Å². The Morgan fingerprint density at radius 1 is 1.08 bits per heavy atom. The van der Waals surface area contributed by atoms with Crippen molar-refractivity contribution in [1.82, 2.24) is 0 Å². The van der Waals surface area contributed by atoms with Gasteiger partial charge < -0.3 is 9.84 Å². The SMILES string of the molecule is CC(C)=CC/C(C)=C/C/C(C)=C/CCC1(C)CCc2cc(O)ccc2O1. The van der Waals surface area contributed by atoms with Crippen LogP contribution in [0.5, 0.6) is 11.5 Å². The molecule has 0 fully saturated rings. The molecule has 0 saturated heterocycles. The fraction of sp³-hybridized carbons (Fsp3) is 0.500. The molecule has 1 aromatic rings. The van der Waals surface area contributed by atoms with Crippen molar-refractivity contribution in [3.8, 4) is 11.5 Å². The van der Waals surface area contributed by atoms with Crippen LogP contribution in [-0.2, 0) is 6.42 Å². The normalized spacial score (nSPS) is 20.3. The van der Waals surface area contributed by atoms with E-state index in [0.29, 0.717) is 5.75 Å². The maximum Gasteiger partial charge on any atom is 0.123 e. The lowest BCUT2D eigenvalue weighted by Gasteiger charge is -2.35. The van der Waals surface area contributed by atoms with Crippen LogP contribution in [0, 0.1) is 0 Å². The molecule has 0 radical (unpaired) electrons. The van der Waals surface area contributed by atoms with Gasteiger partial charge in [-0.3, -0.25) is 0 Å². The highest BCUT2D eigenvalue weighted by Gasteiger charge is 2.30. The van der Waals surface area contributed by atoms with E-state index in [1.165, 1.54) is 16.7 Å². The second kappa shape index (κ2) is 9.12. The summed E-state index contributed by atoms with van der Waals surface area (Å²) in [5.41, 5.74) is 5.23. The summed E-state index contributed by atoms with van der Waals surface area (Å²) in [4.78, 5) is 0. The maximum absolute atomic E-state index is 9.60. The van der Waals surface area contributed by atoms with Crippen LogP contribution in [0.3, 0.4) is 0 Å². The van der Waals surface area contributed by atoms with Gasteiger partial charge in [0.05, 0.1) is 0 Å². The van der Waals surface area contributed by atoms with E-state index in [2.05, 4.69) is 52.8 Å². The number of phenols is 1. The van der Waals surface area contributed by atoms with Crippen LogP contribution in [-0.4, -0.2) is 10.7 Å². The molecule has 0 aliphatic carbocycles. The molecule has 1 atom stereocenters. The number of phenolic OH excluding ortho intramolecular Hbond substituents is 1. The molecule has 1 aliphatic heterocycles. The summed E-state index contributed by atoms with van der Waals surface area (Å²) in [7, 11) is 0. The van der Waals surface area contributed by atoms with Crippen LogP contribution >= 0.6 is 0 Å². The van der Waals surface area contributed by atoms with E-state index >= 15 is 0 Å². The smallest absolute Gasteiger partial charge is 0.123 e. The average Bonchev–Trinajstić information content (AvgIpc) is 2.58. The summed E-state index contributed by atoms with van der Waals surface area (Å²) in [6, 6.07) is 5.42. The molecule has 26 heavy (non-hydrogen) atoms. The van der Waals surface area contributed by atoms with Gasteiger partial charge in [0.15, 0.2) is 0 Å². The number of hydrogen-bond acceptors (Lipinski definition) is 2. The Morgan fingerprint density at radius 2 is 1.77 bits per heavy atom. The van der Waals surface area contributed by atoms with Gasteiger partial charge in [0.1, 0.15) is 17.1 Å². The minimum absolute atomic E-state index is 0.115. The highest BCUT2D eigenvalue weighted by Crippen LogP contribution is 2.37. The fourth-order valence-corrected chi connectivity index (χ4v) is 3.24. The molecule has 1 aromatic carbocycles. The zero-order valence-corrected chi connectivity index (χ0v) is 17.1. The van der Waals surface area contributed by atoms with Gasteiger partial charge >= 0.3 is 0 Å². The van der Waals surface area contributed by atoms with Crippen LogP contribution in [0.1, 0.15) is 72.3 Å². The van der Waals surface area contributed by atoms with Crippen molar-refractivity contribution in [3.63, 3.8) is 0 Å². The van der Waals surface area contributed by atoms with Gasteiger partial charge in [-0.1, -0.05) is 34.9 Å². The average molecular weight is 355 g/mol. The first-order chi connectivity index (χ1) is 12.3. The molecule has 0 saturated carbocycles. The highest BCUT2D eigenvalue weighted by atomic mass is 16.5. The molecule has 0 aromatic heterocycles. The lowest BCUT2D eigenvalue weighted by atomic mass is 9.88. The fourth-order valence-electron chi connectivity index (χ4n) is 3.24. The number of fused-ring (bicyclic) bond motifs is 1. The second-order valence-corrected chi connectivity index (χ2v) is 8.17. The van der Waals surface area contributed by atoms with Crippen LogP contribution in [0.2, 0.25) is 0 Å². The summed E-state index contributed by atoms with van der Waals surface area (Å²) in [6.07, 6.45) is 13.1. The zero-order valence-electron chi connectivity index (χ0n) is 17.1. The molecule has 1 unspecified atom stereocenters. The predicted octanol–water partition coefficient (Wildman–Crippen LogP) is 6.90. The molecular weight excluding hydrogens is 320 g/mol. The van der Waals surface area contributed by atoms with Gasteiger partial charge in [-0.2, -0.15) is 0 Å². The van der Waals surface area contributed by atoms with Crippen molar-refractivity contribution < 1.29 is 9.84 Å². The van der Waals surface area contributed by atoms with Crippen molar-refractivity contribution in [2.24, 2.45) is 0 Å². The molecular formula is C24H34O2. The highest BCUT2D eigenvalue weighted by molar-refractivity contribution is 5.41. The lowest BCUT2D eigenvalue weighted by molar-refractivity contribution is 0.0570. The first-order valence-corrected chi connectivity index (χ1v) is 9.73. The number of benzene rings is 1. The van der Waals surface area contributed by atoms with Crippen LogP contribution in [0.25, 0.3) is 0 Å². The van der Waals surface area contributed by atoms with Gasteiger partial charge in [-0.15, -0.1) is 0 Å². The van der Waals surface area contributed by atoms with Crippen molar-refractivity contribution >= 4 is 0 Å². The third-order valence-corrected chi connectivity index (χ3v) is 5.09. The van der Waals surface area contributed by atoms with Gasteiger partial charge in [0, 0.05) is 0 Å². The number of allylic oxidation sites excluding steroid dienone is 6. The van der Waals surface area contributed by atoms with Gasteiger partial charge in [0.2, 0.25) is 0 Å². The van der Waals surface area contributed by atoms with Crippen molar-refractivity contribution in [3.05, 3.63) is 58.7 Å². The van der Waals surface area contributed by atoms with E-state index in [1.807, 2.05) is 12.1 Å². The molecule has 2 heteroatoms. The third-order valence-electron chi connectivity index (χ3n) is 5.09. The third kappa shape index (κ3) is 6.40. The standard InChI is InChI=1S/C24H34O2/c1-18(2)8-9-20(4)11-10-19(3)7-6-15-24(5)16-14-21-17-22(25)12-13-23(21)26-24/h7-8,11-13,17,25H,6,9-10,14-16H2,1-5H3/b19-7+,20-11+. The number of ether oxygens (including phenoxy) is 1. The van der Waals surface area contributed by atoms with Crippen LogP contribution in [0.4, 0.5) is 0 Å². The van der Waals surface area contributed by atoms with E-state index in [-0.39, 0.29) is 5.60 Å². The Labute approximate surface area is 159 Å². The number of hydrogen-bond donors (Lipinski definition) is 1. The molecule has 1 heterocycles. The Bertz CT molecular complexity index is 705. The molecule has 0 amide bonds. The largest absolute Gasteiger partial charge is 0.508 e. The zero-order chi connectivity index (χ0) is 19.2. The molecule has 2 nitrogen and oxygen atoms in total. The molecule has 2 rings (SSSR count). The monoisotopic (exact) mass is 354 g/mol. The minimum Gasteiger partial charge on any atom is -0.508 e. The predicted molar refractivity (Wildman–Crippen MR) is 111 cm³/mol. The minimum atomic E-state index is -0.115. The van der Waals surface area contributed by atoms with E-state index in [0.717, 1.165) is 49.8 Å². The summed E-state index contributed by atoms with van der Waals surface area (Å²) in [5.74, 6) is 1.25. The Hall–Kier alpha value is -1.96. The van der Waals surface area contributed by atoms with Crippen molar-refractivity contribution in [1.29, 1.82) is 0 Å². The number of rotatable bonds is 7. The summed E-state index contributed by atoms with van der Waals surface area (Å²) in [6.45, 7) is 10.9. The van der Waals surface area contributed by atoms with Crippen LogP contribution in [0.15, 0.2) is 53.1 Å². The Morgan fingerprint density at radius 3 is 2.50 bits per heavy atom. The molecule has 0 spiro atoms. The lowest BCUT2D eigenvalue weighted by Crippen LogP contribution is -2.36. The van der Waals surface area contributed by atoms with E-state index in [9.17, 15) is 5.11 Å². The van der Waals surface area contributed by atoms with Crippen LogP contribution < -0.4 is 4.74 Å². The Balaban J connectivity index is 1.84. The Kier molecular flexibility index (Phi) is 7.14. The van der Waals surface area contributed by atoms with Crippen molar-refractivity contribution in [2.75, 3.05) is 0 Å². The first-order valence-electron chi connectivity index (χ1n) is 9.73. The number of aryl methyl sites for hydroxylation is 1. The molecule has 0 bridgehead atoms.